The van der Waals surface area contributed by atoms with Gasteiger partial charge in [-0.1, -0.05) is 35.5 Å². The van der Waals surface area contributed by atoms with Crippen LogP contribution in [0.2, 0.25) is 0 Å². The van der Waals surface area contributed by atoms with E-state index in [4.69, 9.17) is 4.74 Å². The zero-order valence-corrected chi connectivity index (χ0v) is 15.9. The Morgan fingerprint density at radius 3 is 2.85 bits per heavy atom. The monoisotopic (exact) mass is 371 g/mol. The van der Waals surface area contributed by atoms with Crippen LogP contribution in [0.5, 0.6) is 0 Å². The topological polar surface area (TPSA) is 75.4 Å². The van der Waals surface area contributed by atoms with Crippen molar-refractivity contribution in [2.45, 2.75) is 50.5 Å². The zero-order valence-electron chi connectivity index (χ0n) is 15.9. The van der Waals surface area contributed by atoms with Crippen LogP contribution in [0.25, 0.3) is 0 Å². The first kappa shape index (κ1) is 18.6. The summed E-state index contributed by atoms with van der Waals surface area (Å²) in [6.45, 7) is 5.57. The number of rotatable bonds is 8. The number of aliphatic hydroxyl groups excluding tert-OH is 1. The minimum atomic E-state index is -0.439. The quantitative estimate of drug-likeness (QED) is 0.730. The first-order valence-corrected chi connectivity index (χ1v) is 9.81. The summed E-state index contributed by atoms with van der Waals surface area (Å²) in [5.41, 5.74) is 1.91. The highest BCUT2D eigenvalue weighted by Crippen LogP contribution is 2.34. The van der Waals surface area contributed by atoms with E-state index in [9.17, 15) is 5.11 Å². The molecule has 146 valence electrons. The second kappa shape index (κ2) is 8.06. The maximum atomic E-state index is 10.3. The molecule has 7 heteroatoms. The van der Waals surface area contributed by atoms with Gasteiger partial charge in [0.1, 0.15) is 0 Å². The fraction of sp³-hybridized carbons (Fsp3) is 0.600. The third-order valence-electron chi connectivity index (χ3n) is 5.66. The number of hydrogen-bond donors (Lipinski definition) is 2. The van der Waals surface area contributed by atoms with Crippen molar-refractivity contribution in [3.8, 4) is 0 Å². The Balaban J connectivity index is 1.45. The van der Waals surface area contributed by atoms with Gasteiger partial charge in [-0.3, -0.25) is 4.90 Å². The Morgan fingerprint density at radius 1 is 1.30 bits per heavy atom. The van der Waals surface area contributed by atoms with E-state index < -0.39 is 5.54 Å². The largest absolute Gasteiger partial charge is 0.394 e. The number of morpholine rings is 1. The van der Waals surface area contributed by atoms with Crippen molar-refractivity contribution < 1.29 is 9.84 Å². The van der Waals surface area contributed by atoms with Crippen LogP contribution < -0.4 is 5.32 Å². The number of hydrogen-bond acceptors (Lipinski definition) is 6. The fourth-order valence-electron chi connectivity index (χ4n) is 3.95. The summed E-state index contributed by atoms with van der Waals surface area (Å²) in [6.07, 6.45) is 4.21. The van der Waals surface area contributed by atoms with Crippen molar-refractivity contribution >= 4 is 0 Å². The lowest BCUT2D eigenvalue weighted by Gasteiger charge is -2.49. The third kappa shape index (κ3) is 4.06. The Bertz CT molecular complexity index is 733. The molecule has 0 unspecified atom stereocenters. The molecular weight excluding hydrogens is 342 g/mol. The molecule has 1 aliphatic heterocycles. The van der Waals surface area contributed by atoms with Gasteiger partial charge in [-0.05, 0) is 25.3 Å². The number of aromatic nitrogens is 3. The summed E-state index contributed by atoms with van der Waals surface area (Å²) in [6, 6.07) is 11.2. The Hall–Kier alpha value is -1.80. The summed E-state index contributed by atoms with van der Waals surface area (Å²) in [5, 5.41) is 22.1. The Kier molecular flexibility index (Phi) is 5.54. The van der Waals surface area contributed by atoms with E-state index in [0.29, 0.717) is 32.3 Å². The molecule has 0 amide bonds. The molecule has 1 aromatic heterocycles. The average Bonchev–Trinajstić information content (AvgIpc) is 3.44. The third-order valence-corrected chi connectivity index (χ3v) is 5.66. The first-order chi connectivity index (χ1) is 13.2. The van der Waals surface area contributed by atoms with Crippen molar-refractivity contribution in [1.82, 2.24) is 25.2 Å². The molecule has 1 saturated heterocycles. The van der Waals surface area contributed by atoms with Crippen molar-refractivity contribution in [1.29, 1.82) is 0 Å². The molecule has 2 N–H and O–H groups in total. The molecule has 1 aromatic carbocycles. The Morgan fingerprint density at radius 2 is 2.11 bits per heavy atom. The maximum absolute atomic E-state index is 10.3. The maximum Gasteiger partial charge on any atom is 0.0807 e. The molecule has 0 bridgehead atoms. The minimum Gasteiger partial charge on any atom is -0.394 e. The number of aliphatic hydroxyl groups is 1. The van der Waals surface area contributed by atoms with Gasteiger partial charge in [-0.2, -0.15) is 0 Å². The van der Waals surface area contributed by atoms with Crippen molar-refractivity contribution in [3.63, 3.8) is 0 Å². The summed E-state index contributed by atoms with van der Waals surface area (Å²) < 4.78 is 7.87. The molecule has 7 nitrogen and oxygen atoms in total. The molecule has 2 fully saturated rings. The normalized spacial score (nSPS) is 26.4. The van der Waals surface area contributed by atoms with Crippen molar-refractivity contribution in [3.05, 3.63) is 47.8 Å². The SMILES string of the molecule is C[C@@H]1COC[C@@](CO)(CNCc2cnnn2C2CC2)N1Cc1ccccc1. The summed E-state index contributed by atoms with van der Waals surface area (Å²) in [5.74, 6) is 0. The van der Waals surface area contributed by atoms with Gasteiger partial charge in [0.15, 0.2) is 0 Å². The van der Waals surface area contributed by atoms with Crippen LogP contribution in [-0.4, -0.2) is 62.9 Å². The lowest BCUT2D eigenvalue weighted by atomic mass is 9.94. The molecule has 0 radical (unpaired) electrons. The minimum absolute atomic E-state index is 0.0529. The highest BCUT2D eigenvalue weighted by atomic mass is 16.5. The van der Waals surface area contributed by atoms with Crippen LogP contribution >= 0.6 is 0 Å². The number of nitrogens with zero attached hydrogens (tertiary/aromatic N) is 4. The van der Waals surface area contributed by atoms with E-state index in [2.05, 4.69) is 51.7 Å². The lowest BCUT2D eigenvalue weighted by Crippen LogP contribution is -2.66. The van der Waals surface area contributed by atoms with Crippen molar-refractivity contribution in [2.75, 3.05) is 26.4 Å². The number of ether oxygens (including phenoxy) is 1. The predicted octanol–water partition coefficient (Wildman–Crippen LogP) is 1.35. The standard InChI is InChI=1S/C20H29N5O2/c1-16-12-27-15-20(14-26,24(16)11-17-5-3-2-4-6-17)13-21-9-19-10-22-23-25(19)18-7-8-18/h2-6,10,16,18,21,26H,7-9,11-15H2,1H3/t16-,20+/m1/s1. The van der Waals surface area contributed by atoms with E-state index in [-0.39, 0.29) is 12.6 Å². The molecular formula is C20H29N5O2. The molecule has 27 heavy (non-hydrogen) atoms. The van der Waals surface area contributed by atoms with E-state index >= 15 is 0 Å². The highest BCUT2D eigenvalue weighted by molar-refractivity contribution is 5.16. The van der Waals surface area contributed by atoms with Crippen LogP contribution in [0.1, 0.15) is 37.1 Å². The van der Waals surface area contributed by atoms with E-state index in [0.717, 1.165) is 12.2 Å². The molecule has 1 saturated carbocycles. The van der Waals surface area contributed by atoms with Crippen molar-refractivity contribution in [2.24, 2.45) is 0 Å². The average molecular weight is 371 g/mol. The van der Waals surface area contributed by atoms with Crippen LogP contribution in [0, 0.1) is 0 Å². The van der Waals surface area contributed by atoms with Gasteiger partial charge in [0, 0.05) is 25.7 Å². The molecule has 4 rings (SSSR count). The van der Waals surface area contributed by atoms with Gasteiger partial charge in [0.25, 0.3) is 0 Å². The lowest BCUT2D eigenvalue weighted by molar-refractivity contribution is -0.122. The van der Waals surface area contributed by atoms with Crippen LogP contribution in [0.15, 0.2) is 36.5 Å². The van der Waals surface area contributed by atoms with Gasteiger partial charge < -0.3 is 15.2 Å². The van der Waals surface area contributed by atoms with Crippen LogP contribution in [0.4, 0.5) is 0 Å². The van der Waals surface area contributed by atoms with Gasteiger partial charge >= 0.3 is 0 Å². The number of nitrogens with one attached hydrogen (secondary N) is 1. The summed E-state index contributed by atoms with van der Waals surface area (Å²) in [7, 11) is 0. The number of benzene rings is 1. The van der Waals surface area contributed by atoms with Crippen LogP contribution in [0.3, 0.4) is 0 Å². The molecule has 2 aromatic rings. The zero-order chi connectivity index (χ0) is 18.7. The van der Waals surface area contributed by atoms with Gasteiger partial charge in [-0.15, -0.1) is 5.10 Å². The predicted molar refractivity (Wildman–Crippen MR) is 102 cm³/mol. The molecule has 1 aliphatic carbocycles. The second-order valence-electron chi connectivity index (χ2n) is 7.86. The van der Waals surface area contributed by atoms with E-state index in [1.54, 1.807) is 0 Å². The summed E-state index contributed by atoms with van der Waals surface area (Å²) >= 11 is 0. The Labute approximate surface area is 160 Å². The van der Waals surface area contributed by atoms with Gasteiger partial charge in [0.05, 0.1) is 43.3 Å². The van der Waals surface area contributed by atoms with Crippen LogP contribution in [-0.2, 0) is 17.8 Å². The summed E-state index contributed by atoms with van der Waals surface area (Å²) in [4.78, 5) is 2.38. The molecule has 2 heterocycles. The molecule has 2 atom stereocenters. The fourth-order valence-corrected chi connectivity index (χ4v) is 3.95. The highest BCUT2D eigenvalue weighted by Gasteiger charge is 2.42. The van der Waals surface area contributed by atoms with Gasteiger partial charge in [-0.25, -0.2) is 4.68 Å². The van der Waals surface area contributed by atoms with E-state index in [1.807, 2.05) is 16.9 Å². The smallest absolute Gasteiger partial charge is 0.0807 e. The van der Waals surface area contributed by atoms with E-state index in [1.165, 1.54) is 18.4 Å². The first-order valence-electron chi connectivity index (χ1n) is 9.81. The van der Waals surface area contributed by atoms with Gasteiger partial charge in [0.2, 0.25) is 0 Å². The molecule has 2 aliphatic rings. The molecule has 0 spiro atoms. The second-order valence-corrected chi connectivity index (χ2v) is 7.86.